The minimum absolute atomic E-state index is 0.252. The second kappa shape index (κ2) is 28.3. The summed E-state index contributed by atoms with van der Waals surface area (Å²) in [6.45, 7) is 17.7. The van der Waals surface area contributed by atoms with Gasteiger partial charge in [0.1, 0.15) is 34.2 Å². The summed E-state index contributed by atoms with van der Waals surface area (Å²) in [6, 6.07) is 41.3. The van der Waals surface area contributed by atoms with Crippen molar-refractivity contribution >= 4 is 56.3 Å². The predicted molar refractivity (Wildman–Crippen MR) is 367 cm³/mol. The van der Waals surface area contributed by atoms with E-state index in [2.05, 4.69) is 102 Å². The quantitative estimate of drug-likeness (QED) is 0.0952. The molecule has 12 aromatic rings. The summed E-state index contributed by atoms with van der Waals surface area (Å²) in [6.07, 6.45) is 5.98. The van der Waals surface area contributed by atoms with Crippen molar-refractivity contribution in [2.24, 2.45) is 21.1 Å². The Hall–Kier alpha value is -8.58. The van der Waals surface area contributed by atoms with Gasteiger partial charge in [0.2, 0.25) is 0 Å². The van der Waals surface area contributed by atoms with Crippen molar-refractivity contribution in [3.63, 3.8) is 0 Å². The van der Waals surface area contributed by atoms with Gasteiger partial charge in [0.05, 0.1) is 62.9 Å². The molecule has 93 heavy (non-hydrogen) atoms. The highest BCUT2D eigenvalue weighted by Gasteiger charge is 2.28. The molecule has 0 N–H and O–H groups in total. The van der Waals surface area contributed by atoms with Crippen LogP contribution in [0, 0.1) is 5.82 Å². The zero-order valence-corrected chi connectivity index (χ0v) is 55.1. The van der Waals surface area contributed by atoms with Crippen molar-refractivity contribution in [2.45, 2.75) is 19.6 Å². The second-order valence-corrected chi connectivity index (χ2v) is 25.2. The summed E-state index contributed by atoms with van der Waals surface area (Å²) >= 11 is 13.9. The number of fused-ring (bicyclic) bond motifs is 3. The minimum atomic E-state index is -0.377. The number of hydrogen-bond donors (Lipinski definition) is 0. The molecule has 0 bridgehead atoms. The summed E-state index contributed by atoms with van der Waals surface area (Å²) in [7, 11) is 12.5. The molecule has 0 radical (unpaired) electrons. The van der Waals surface area contributed by atoms with Gasteiger partial charge < -0.3 is 28.4 Å². The molecule has 3 aliphatic rings. The monoisotopic (exact) mass is 1290 g/mol. The molecular formula is C69H78Cl2FN21. The lowest BCUT2D eigenvalue weighted by atomic mass is 10.1. The van der Waals surface area contributed by atoms with Crippen LogP contribution in [0.3, 0.4) is 0 Å². The first-order chi connectivity index (χ1) is 45.3. The van der Waals surface area contributed by atoms with E-state index in [9.17, 15) is 0 Å². The molecule has 0 amide bonds. The number of likely N-dealkylation sites (N-methyl/N-ethyl adjacent to an activating group) is 3. The largest absolute Gasteiger partial charge is 0.349 e. The van der Waals surface area contributed by atoms with E-state index in [1.165, 1.54) is 0 Å². The van der Waals surface area contributed by atoms with Gasteiger partial charge in [-0.2, -0.15) is 15.3 Å². The molecule has 0 saturated carbocycles. The number of hydrogen-bond acceptors (Lipinski definition) is 15. The van der Waals surface area contributed by atoms with E-state index < -0.39 is 0 Å². The smallest absolute Gasteiger partial charge is 0.184 e. The van der Waals surface area contributed by atoms with Gasteiger partial charge in [-0.15, -0.1) is 30.6 Å². The summed E-state index contributed by atoms with van der Waals surface area (Å²) < 4.78 is 27.6. The fourth-order valence-electron chi connectivity index (χ4n) is 12.4. The topological polar surface area (TPSA) is 165 Å². The van der Waals surface area contributed by atoms with Crippen LogP contribution in [0.25, 0.3) is 101 Å². The Morgan fingerprint density at radius 2 is 0.613 bits per heavy atom. The van der Waals surface area contributed by atoms with Crippen LogP contribution in [0.1, 0.15) is 0 Å². The molecule has 0 unspecified atom stereocenters. The first-order valence-corrected chi connectivity index (χ1v) is 32.6. The second-order valence-electron chi connectivity index (χ2n) is 24.4. The number of benzene rings is 3. The first kappa shape index (κ1) is 63.2. The Morgan fingerprint density at radius 1 is 0.323 bits per heavy atom. The summed E-state index contributed by atoms with van der Waals surface area (Å²) in [5, 5.41) is 44.9. The Labute approximate surface area is 550 Å². The third kappa shape index (κ3) is 13.6. The van der Waals surface area contributed by atoms with Crippen LogP contribution in [0.15, 0.2) is 146 Å². The van der Waals surface area contributed by atoms with Crippen molar-refractivity contribution in [3.05, 3.63) is 162 Å². The highest BCUT2D eigenvalue weighted by molar-refractivity contribution is 6.39. The van der Waals surface area contributed by atoms with Crippen molar-refractivity contribution < 1.29 is 4.39 Å². The number of rotatable bonds is 15. The van der Waals surface area contributed by atoms with Gasteiger partial charge in [-0.3, -0.25) is 14.7 Å². The maximum atomic E-state index is 15.8. The molecule has 15 rings (SSSR count). The average Bonchev–Trinajstić information content (AvgIpc) is 1.67. The van der Waals surface area contributed by atoms with Crippen LogP contribution >= 0.6 is 23.2 Å². The molecule has 3 saturated heterocycles. The molecule has 12 heterocycles. The third-order valence-electron chi connectivity index (χ3n) is 18.2. The molecule has 3 aliphatic heterocycles. The van der Waals surface area contributed by atoms with Gasteiger partial charge >= 0.3 is 0 Å². The van der Waals surface area contributed by atoms with Gasteiger partial charge in [0, 0.05) is 155 Å². The Kier molecular flexibility index (Phi) is 19.3. The minimum Gasteiger partial charge on any atom is -0.349 e. The highest BCUT2D eigenvalue weighted by atomic mass is 35.5. The number of nitrogens with zero attached hydrogens (tertiary/aromatic N) is 21. The first-order valence-electron chi connectivity index (χ1n) is 31.9. The van der Waals surface area contributed by atoms with Crippen LogP contribution in [0.4, 0.5) is 4.39 Å². The van der Waals surface area contributed by atoms with Gasteiger partial charge in [0.15, 0.2) is 22.8 Å². The van der Waals surface area contributed by atoms with Crippen molar-refractivity contribution in [1.82, 2.24) is 103 Å². The van der Waals surface area contributed by atoms with E-state index in [0.717, 1.165) is 173 Å². The van der Waals surface area contributed by atoms with E-state index in [4.69, 9.17) is 38.5 Å². The van der Waals surface area contributed by atoms with Crippen LogP contribution in [-0.2, 0) is 40.8 Å². The van der Waals surface area contributed by atoms with E-state index in [1.807, 2.05) is 169 Å². The van der Waals surface area contributed by atoms with E-state index >= 15 is 4.39 Å². The van der Waals surface area contributed by atoms with E-state index in [0.29, 0.717) is 50.3 Å². The summed E-state index contributed by atoms with van der Waals surface area (Å²) in [5.74, 6) is -0.377. The highest BCUT2D eigenvalue weighted by Crippen LogP contribution is 2.40. The lowest BCUT2D eigenvalue weighted by Crippen LogP contribution is -2.45. The summed E-state index contributed by atoms with van der Waals surface area (Å²) in [4.78, 5) is 14.4. The van der Waals surface area contributed by atoms with Crippen LogP contribution in [0.2, 0.25) is 10.0 Å². The zero-order chi connectivity index (χ0) is 64.1. The predicted octanol–water partition coefficient (Wildman–Crippen LogP) is 9.68. The molecule has 480 valence electrons. The molecule has 0 spiro atoms. The molecule has 3 fully saturated rings. The van der Waals surface area contributed by atoms with Gasteiger partial charge in [0.25, 0.3) is 0 Å². The van der Waals surface area contributed by atoms with Crippen LogP contribution in [-0.4, -0.2) is 222 Å². The maximum absolute atomic E-state index is 15.8. The number of piperazine rings is 3. The lowest BCUT2D eigenvalue weighted by Gasteiger charge is -2.32. The molecule has 24 heteroatoms. The van der Waals surface area contributed by atoms with E-state index in [1.54, 1.807) is 4.68 Å². The maximum Gasteiger partial charge on any atom is 0.184 e. The fourth-order valence-corrected chi connectivity index (χ4v) is 13.1. The van der Waals surface area contributed by atoms with Gasteiger partial charge in [-0.25, -0.2) is 18.4 Å². The van der Waals surface area contributed by atoms with Crippen LogP contribution < -0.4 is 0 Å². The normalized spacial score (nSPS) is 15.7. The van der Waals surface area contributed by atoms with E-state index in [-0.39, 0.29) is 11.5 Å². The molecular weight excluding hydrogens is 1210 g/mol. The summed E-state index contributed by atoms with van der Waals surface area (Å²) in [5.41, 5.74) is 11.3. The molecule has 21 nitrogen and oxygen atoms in total. The lowest BCUT2D eigenvalue weighted by molar-refractivity contribution is 0.149. The molecule has 3 aromatic carbocycles. The fraction of sp³-hybridized carbons (Fsp3) is 0.348. The van der Waals surface area contributed by atoms with Crippen molar-refractivity contribution in [3.8, 4) is 67.9 Å². The van der Waals surface area contributed by atoms with Crippen molar-refractivity contribution in [1.29, 1.82) is 0 Å². The Bertz CT molecular complexity index is 4020. The Morgan fingerprint density at radius 3 is 0.925 bits per heavy atom. The van der Waals surface area contributed by atoms with Gasteiger partial charge in [-0.1, -0.05) is 114 Å². The Balaban J connectivity index is 0.000000127. The third-order valence-corrected chi connectivity index (χ3v) is 18.9. The number of aromatic nitrogens is 15. The molecule has 0 atom stereocenters. The standard InChI is InChI=1S/2C23H26ClN7.C23H26FN7/c3*1-28-11-13-30(14-12-28)15-16-31-23-19(22(27-31)18-9-6-10-29(18)2)20(24)21(25-26-23)17-7-4-3-5-8-17/h3*3-10H,11-16H2,1-2H3. The number of halogens is 3. The van der Waals surface area contributed by atoms with Crippen LogP contribution in [0.5, 0.6) is 0 Å². The number of aryl methyl sites for hydroxylation is 3. The van der Waals surface area contributed by atoms with Crippen molar-refractivity contribution in [2.75, 3.05) is 119 Å². The zero-order valence-electron chi connectivity index (χ0n) is 53.6. The molecule has 0 aliphatic carbocycles. The average molecular weight is 1290 g/mol. The van der Waals surface area contributed by atoms with Gasteiger partial charge in [-0.05, 0) is 57.5 Å². The molecule has 9 aromatic heterocycles. The SMILES string of the molecule is CN1CCN(CCn2nc(-c3cccn3C)c3c(Cl)c(-c4ccccc4)nnc32)CC1.CN1CCN(CCn2nc(-c3cccn3C)c3c(Cl)c(-c4ccccc4)nnc32)CC1.CN1CCN(CCn2nc(-c3cccn3C)c3c(F)c(-c4ccccc4)nnc32)CC1.